The minimum absolute atomic E-state index is 0.342. The maximum Gasteiger partial charge on any atom is 0.494 e. The summed E-state index contributed by atoms with van der Waals surface area (Å²) in [4.78, 5) is 2.47. The molecule has 0 N–H and O–H groups in total. The Kier molecular flexibility index (Phi) is 8.13. The Hall–Kier alpha value is -2.18. The highest BCUT2D eigenvalue weighted by Gasteiger charge is 2.51. The van der Waals surface area contributed by atoms with E-state index in [0.29, 0.717) is 0 Å². The molecule has 2 aromatic carbocycles. The van der Waals surface area contributed by atoms with Crippen LogP contribution in [0.2, 0.25) is 0 Å². The van der Waals surface area contributed by atoms with Crippen LogP contribution in [0, 0.1) is 0 Å². The molecule has 0 unspecified atom stereocenters. The Labute approximate surface area is 194 Å². The number of hydrogen-bond acceptors (Lipinski definition) is 5. The van der Waals surface area contributed by atoms with Crippen LogP contribution in [0.1, 0.15) is 67.2 Å². The fourth-order valence-electron chi connectivity index (χ4n) is 3.59. The van der Waals surface area contributed by atoms with Gasteiger partial charge in [-0.1, -0.05) is 38.8 Å². The van der Waals surface area contributed by atoms with Gasteiger partial charge in [0.15, 0.2) is 0 Å². The number of nitrogens with zero attached hydrogens (tertiary/aromatic N) is 3. The Morgan fingerprint density at radius 3 is 1.59 bits per heavy atom. The third-order valence-electron chi connectivity index (χ3n) is 6.48. The summed E-state index contributed by atoms with van der Waals surface area (Å²) in [5.41, 5.74) is 3.23. The highest BCUT2D eigenvalue weighted by Crippen LogP contribution is 2.36. The van der Waals surface area contributed by atoms with E-state index in [1.807, 2.05) is 36.4 Å². The van der Waals surface area contributed by atoms with Crippen LogP contribution in [0.25, 0.3) is 0 Å². The van der Waals surface area contributed by atoms with Gasteiger partial charge in [-0.25, -0.2) is 0 Å². The summed E-state index contributed by atoms with van der Waals surface area (Å²) in [6.45, 7) is 14.9. The highest BCUT2D eigenvalue weighted by molar-refractivity contribution is 6.62. The first-order valence-electron chi connectivity index (χ1n) is 12.0. The quantitative estimate of drug-likeness (QED) is 0.304. The van der Waals surface area contributed by atoms with Crippen molar-refractivity contribution in [2.24, 2.45) is 10.2 Å². The molecule has 32 heavy (non-hydrogen) atoms. The highest BCUT2D eigenvalue weighted by atomic mass is 16.7. The monoisotopic (exact) mass is 435 g/mol. The summed E-state index contributed by atoms with van der Waals surface area (Å²) in [6.07, 6.45) is 4.85. The summed E-state index contributed by atoms with van der Waals surface area (Å²) < 4.78 is 12.2. The van der Waals surface area contributed by atoms with E-state index in [1.54, 1.807) is 0 Å². The largest absolute Gasteiger partial charge is 0.494 e. The Bertz CT molecular complexity index is 855. The van der Waals surface area contributed by atoms with Gasteiger partial charge >= 0.3 is 7.12 Å². The van der Waals surface area contributed by atoms with E-state index in [1.165, 1.54) is 31.4 Å². The predicted octanol–water partition coefficient (Wildman–Crippen LogP) is 6.81. The first-order valence-corrected chi connectivity index (χ1v) is 12.0. The lowest BCUT2D eigenvalue weighted by atomic mass is 9.79. The molecule has 172 valence electrons. The Morgan fingerprint density at radius 1 is 0.719 bits per heavy atom. The molecule has 1 saturated heterocycles. The molecule has 0 amide bonds. The van der Waals surface area contributed by atoms with Crippen molar-refractivity contribution in [1.29, 1.82) is 0 Å². The molecule has 0 saturated carbocycles. The van der Waals surface area contributed by atoms with E-state index < -0.39 is 0 Å². The van der Waals surface area contributed by atoms with Crippen molar-refractivity contribution >= 4 is 29.6 Å². The van der Waals surface area contributed by atoms with Crippen molar-refractivity contribution in [3.63, 3.8) is 0 Å². The third-order valence-corrected chi connectivity index (χ3v) is 6.48. The zero-order valence-corrected chi connectivity index (χ0v) is 20.6. The average Bonchev–Trinajstić information content (AvgIpc) is 3.00. The normalized spacial score (nSPS) is 17.2. The zero-order chi connectivity index (χ0) is 23.2. The Morgan fingerprint density at radius 2 is 1.16 bits per heavy atom. The molecule has 1 aliphatic rings. The van der Waals surface area contributed by atoms with Crippen molar-refractivity contribution < 1.29 is 9.31 Å². The minimum atomic E-state index is -0.359. The second kappa shape index (κ2) is 10.6. The second-order valence-electron chi connectivity index (χ2n) is 9.59. The SMILES string of the molecule is CCCCN(CCCC)c1ccc(N=Nc2ccc(B3OC(C)(C)C(C)(C)O3)cc2)cc1. The average molecular weight is 435 g/mol. The van der Waals surface area contributed by atoms with Crippen LogP contribution < -0.4 is 10.4 Å². The lowest BCUT2D eigenvalue weighted by Gasteiger charge is -2.32. The van der Waals surface area contributed by atoms with Gasteiger partial charge in [0.25, 0.3) is 0 Å². The maximum atomic E-state index is 6.12. The lowest BCUT2D eigenvalue weighted by Crippen LogP contribution is -2.41. The third kappa shape index (κ3) is 5.99. The van der Waals surface area contributed by atoms with E-state index in [2.05, 4.69) is 68.8 Å². The van der Waals surface area contributed by atoms with Gasteiger partial charge < -0.3 is 14.2 Å². The van der Waals surface area contributed by atoms with Gasteiger partial charge in [-0.05, 0) is 82.4 Å². The van der Waals surface area contributed by atoms with Crippen LogP contribution in [-0.2, 0) is 9.31 Å². The molecular weight excluding hydrogens is 397 g/mol. The van der Waals surface area contributed by atoms with Crippen LogP contribution in [0.4, 0.5) is 17.1 Å². The van der Waals surface area contributed by atoms with Crippen molar-refractivity contribution in [3.05, 3.63) is 48.5 Å². The number of anilines is 1. The molecule has 6 heteroatoms. The molecular formula is C26H38BN3O2. The van der Waals surface area contributed by atoms with Crippen LogP contribution in [0.3, 0.4) is 0 Å². The van der Waals surface area contributed by atoms with Crippen molar-refractivity contribution in [2.45, 2.75) is 78.4 Å². The van der Waals surface area contributed by atoms with E-state index in [-0.39, 0.29) is 18.3 Å². The van der Waals surface area contributed by atoms with Crippen LogP contribution in [0.5, 0.6) is 0 Å². The summed E-state index contributed by atoms with van der Waals surface area (Å²) in [5.74, 6) is 0. The number of benzene rings is 2. The van der Waals surface area contributed by atoms with Crippen LogP contribution in [-0.4, -0.2) is 31.4 Å². The summed E-state index contributed by atoms with van der Waals surface area (Å²) in [7, 11) is -0.359. The Balaban J connectivity index is 1.62. The summed E-state index contributed by atoms with van der Waals surface area (Å²) >= 11 is 0. The van der Waals surface area contributed by atoms with Gasteiger partial charge in [-0.2, -0.15) is 10.2 Å². The van der Waals surface area contributed by atoms with Gasteiger partial charge in [0.2, 0.25) is 0 Å². The van der Waals surface area contributed by atoms with E-state index in [0.717, 1.165) is 29.9 Å². The van der Waals surface area contributed by atoms with Gasteiger partial charge in [0.1, 0.15) is 0 Å². The van der Waals surface area contributed by atoms with Gasteiger partial charge in [0.05, 0.1) is 22.6 Å². The molecule has 0 aromatic heterocycles. The molecule has 3 rings (SSSR count). The van der Waals surface area contributed by atoms with Gasteiger partial charge in [-0.3, -0.25) is 0 Å². The van der Waals surface area contributed by atoms with Crippen molar-refractivity contribution in [1.82, 2.24) is 0 Å². The van der Waals surface area contributed by atoms with Crippen molar-refractivity contribution in [2.75, 3.05) is 18.0 Å². The van der Waals surface area contributed by atoms with E-state index in [4.69, 9.17) is 9.31 Å². The first kappa shape index (κ1) is 24.5. The molecule has 0 bridgehead atoms. The lowest BCUT2D eigenvalue weighted by molar-refractivity contribution is 0.00578. The van der Waals surface area contributed by atoms with E-state index in [9.17, 15) is 0 Å². The standard InChI is InChI=1S/C26H38BN3O2/c1-7-9-19-30(20-10-8-2)24-17-15-23(16-18-24)29-28-22-13-11-21(12-14-22)27-31-25(3,4)26(5,6)32-27/h11-18H,7-10,19-20H2,1-6H3. The number of azo groups is 1. The van der Waals surface area contributed by atoms with Gasteiger partial charge in [-0.15, -0.1) is 0 Å². The smallest absolute Gasteiger partial charge is 0.399 e. The first-order chi connectivity index (χ1) is 15.3. The molecule has 0 radical (unpaired) electrons. The molecule has 0 atom stereocenters. The summed E-state index contributed by atoms with van der Waals surface area (Å²) in [5, 5.41) is 8.82. The predicted molar refractivity (Wildman–Crippen MR) is 135 cm³/mol. The molecule has 1 aliphatic heterocycles. The second-order valence-corrected chi connectivity index (χ2v) is 9.59. The van der Waals surface area contributed by atoms with Crippen LogP contribution >= 0.6 is 0 Å². The fourth-order valence-corrected chi connectivity index (χ4v) is 3.59. The number of unbranched alkanes of at least 4 members (excludes halogenated alkanes) is 2. The maximum absolute atomic E-state index is 6.12. The minimum Gasteiger partial charge on any atom is -0.399 e. The molecule has 2 aromatic rings. The number of rotatable bonds is 10. The zero-order valence-electron chi connectivity index (χ0n) is 20.6. The molecule has 1 fully saturated rings. The van der Waals surface area contributed by atoms with Crippen molar-refractivity contribution in [3.8, 4) is 0 Å². The topological polar surface area (TPSA) is 46.4 Å². The molecule has 5 nitrogen and oxygen atoms in total. The molecule has 0 aliphatic carbocycles. The van der Waals surface area contributed by atoms with Gasteiger partial charge in [0, 0.05) is 18.8 Å². The molecule has 1 heterocycles. The molecule has 0 spiro atoms. The fraction of sp³-hybridized carbons (Fsp3) is 0.538. The number of hydrogen-bond donors (Lipinski definition) is 0. The van der Waals surface area contributed by atoms with E-state index >= 15 is 0 Å². The summed E-state index contributed by atoms with van der Waals surface area (Å²) in [6, 6.07) is 16.3. The van der Waals surface area contributed by atoms with Crippen LogP contribution in [0.15, 0.2) is 58.8 Å².